The highest BCUT2D eigenvalue weighted by molar-refractivity contribution is 5.72. The number of pyridine rings is 3. The molecule has 2 atom stereocenters. The maximum atomic E-state index is 15.2. The van der Waals surface area contributed by atoms with E-state index in [-0.39, 0.29) is 30.1 Å². The number of hydrogen-bond acceptors (Lipinski definition) is 9. The van der Waals surface area contributed by atoms with E-state index in [1.807, 2.05) is 22.8 Å². The fourth-order valence-electron chi connectivity index (χ4n) is 5.12. The van der Waals surface area contributed by atoms with Gasteiger partial charge in [-0.2, -0.15) is 5.26 Å². The molecule has 1 aliphatic carbocycles. The lowest BCUT2D eigenvalue weighted by molar-refractivity contribution is -0.0591. The van der Waals surface area contributed by atoms with Crippen molar-refractivity contribution in [1.82, 2.24) is 24.5 Å². The van der Waals surface area contributed by atoms with Gasteiger partial charge >= 0.3 is 0 Å². The van der Waals surface area contributed by atoms with E-state index in [9.17, 15) is 10.2 Å². The van der Waals surface area contributed by atoms with Gasteiger partial charge in [-0.1, -0.05) is 6.07 Å². The van der Waals surface area contributed by atoms with Gasteiger partial charge in [-0.05, 0) is 73.2 Å². The Morgan fingerprint density at radius 1 is 1.12 bits per heavy atom. The van der Waals surface area contributed by atoms with Gasteiger partial charge in [-0.3, -0.25) is 4.98 Å². The van der Waals surface area contributed by atoms with Crippen LogP contribution >= 0.6 is 0 Å². The predicted molar refractivity (Wildman–Crippen MR) is 150 cm³/mol. The molecule has 1 fully saturated rings. The molecule has 0 saturated carbocycles. The molecular weight excluding hydrogens is 539 g/mol. The fraction of sp³-hybridized carbons (Fsp3) is 0.323. The normalized spacial score (nSPS) is 18.6. The standard InChI is InChI=1S/C31H29FN6O4/c32-22-12-19(13-28-35-26-8-9-27(31(39)40)37-30(26)38(28)17-24-10-11-41-24)4-6-21(14-22)25-2-1-3-29(36-25)42-18-23-7-5-20(15-33)16-34-23/h1-3,5,7-9,12,14,16,19,24,31,39-40H,4,6,10-11,13,17-18H2/t19?,24-/m0/s1. The Balaban J connectivity index is 1.16. The lowest BCUT2D eigenvalue weighted by Crippen LogP contribution is -2.32. The summed E-state index contributed by atoms with van der Waals surface area (Å²) in [5, 5.41) is 28.2. The number of hydrogen-bond donors (Lipinski definition) is 2. The second-order valence-electron chi connectivity index (χ2n) is 10.4. The molecule has 0 aromatic carbocycles. The Morgan fingerprint density at radius 2 is 2.00 bits per heavy atom. The molecule has 6 rings (SSSR count). The summed E-state index contributed by atoms with van der Waals surface area (Å²) in [5.74, 6) is 0.689. The van der Waals surface area contributed by atoms with Crippen LogP contribution in [0.2, 0.25) is 0 Å². The number of ether oxygens (including phenoxy) is 2. The predicted octanol–water partition coefficient (Wildman–Crippen LogP) is 4.33. The molecule has 4 aromatic heterocycles. The van der Waals surface area contributed by atoms with Crippen LogP contribution in [0.1, 0.15) is 54.0 Å². The maximum absolute atomic E-state index is 15.2. The minimum atomic E-state index is -1.69. The zero-order valence-corrected chi connectivity index (χ0v) is 22.7. The minimum Gasteiger partial charge on any atom is -0.471 e. The van der Waals surface area contributed by atoms with Gasteiger partial charge in [0.25, 0.3) is 0 Å². The quantitative estimate of drug-likeness (QED) is 0.282. The van der Waals surface area contributed by atoms with Crippen LogP contribution in [-0.2, 0) is 24.3 Å². The van der Waals surface area contributed by atoms with E-state index < -0.39 is 6.29 Å². The molecule has 0 amide bonds. The fourth-order valence-corrected chi connectivity index (χ4v) is 5.12. The van der Waals surface area contributed by atoms with E-state index >= 15 is 4.39 Å². The molecule has 5 heterocycles. The number of rotatable bonds is 9. The van der Waals surface area contributed by atoms with Crippen molar-refractivity contribution in [3.8, 4) is 11.9 Å². The van der Waals surface area contributed by atoms with Gasteiger partial charge in [0.1, 0.15) is 29.8 Å². The summed E-state index contributed by atoms with van der Waals surface area (Å²) in [6, 6.07) is 14.1. The van der Waals surface area contributed by atoms with Crippen LogP contribution in [0.3, 0.4) is 0 Å². The SMILES string of the molecule is N#Cc1ccc(COc2cccc(C3=CC(F)=CC(Cc4nc5ccc(C(O)O)nc5n4C[C@@H]4CCO4)CC3)n2)nc1. The summed E-state index contributed by atoms with van der Waals surface area (Å²) in [6.07, 6.45) is 5.69. The largest absolute Gasteiger partial charge is 0.471 e. The van der Waals surface area contributed by atoms with E-state index in [0.29, 0.717) is 66.4 Å². The van der Waals surface area contributed by atoms with Crippen molar-refractivity contribution in [3.05, 3.63) is 95.1 Å². The van der Waals surface area contributed by atoms with Crippen LogP contribution in [0, 0.1) is 17.2 Å². The number of aliphatic hydroxyl groups excluding tert-OH is 1. The smallest absolute Gasteiger partial charge is 0.214 e. The molecule has 0 bridgehead atoms. The first-order chi connectivity index (χ1) is 20.4. The number of imidazole rings is 1. The van der Waals surface area contributed by atoms with Gasteiger partial charge < -0.3 is 24.3 Å². The van der Waals surface area contributed by atoms with E-state index in [2.05, 4.69) is 15.0 Å². The number of allylic oxidation sites excluding steroid dienone is 4. The van der Waals surface area contributed by atoms with E-state index in [4.69, 9.17) is 19.7 Å². The van der Waals surface area contributed by atoms with E-state index in [1.165, 1.54) is 12.3 Å². The molecule has 1 unspecified atom stereocenters. The average molecular weight is 569 g/mol. The van der Waals surface area contributed by atoms with E-state index in [0.717, 1.165) is 17.8 Å². The maximum Gasteiger partial charge on any atom is 0.214 e. The van der Waals surface area contributed by atoms with Gasteiger partial charge in [-0.25, -0.2) is 19.3 Å². The van der Waals surface area contributed by atoms with Crippen LogP contribution in [0.5, 0.6) is 5.88 Å². The first-order valence-corrected chi connectivity index (χ1v) is 13.8. The number of aliphatic hydroxyl groups is 2. The highest BCUT2D eigenvalue weighted by Gasteiger charge is 2.25. The van der Waals surface area contributed by atoms with Gasteiger partial charge in [0, 0.05) is 25.3 Å². The van der Waals surface area contributed by atoms with Crippen molar-refractivity contribution in [3.63, 3.8) is 0 Å². The minimum absolute atomic E-state index is 0.0357. The number of halogens is 1. The Kier molecular flexibility index (Phi) is 8.01. The molecule has 0 spiro atoms. The molecule has 11 heteroatoms. The molecule has 2 N–H and O–H groups in total. The van der Waals surface area contributed by atoms with E-state index in [1.54, 1.807) is 36.4 Å². The molecule has 10 nitrogen and oxygen atoms in total. The van der Waals surface area contributed by atoms with Crippen molar-refractivity contribution in [2.24, 2.45) is 5.92 Å². The number of nitrogens with zero attached hydrogens (tertiary/aromatic N) is 6. The first kappa shape index (κ1) is 27.7. The average Bonchev–Trinajstić information content (AvgIpc) is 3.19. The molecular formula is C31H29FN6O4. The second-order valence-corrected chi connectivity index (χ2v) is 10.4. The van der Waals surface area contributed by atoms with Gasteiger partial charge in [0.05, 0.1) is 35.3 Å². The number of fused-ring (bicyclic) bond motifs is 1. The molecule has 2 aliphatic rings. The molecule has 4 aromatic rings. The van der Waals surface area contributed by atoms with Gasteiger partial charge in [0.2, 0.25) is 5.88 Å². The summed E-state index contributed by atoms with van der Waals surface area (Å²) in [6.45, 7) is 1.44. The summed E-state index contributed by atoms with van der Waals surface area (Å²) < 4.78 is 28.6. The Hall–Kier alpha value is -4.50. The molecule has 0 radical (unpaired) electrons. The monoisotopic (exact) mass is 568 g/mol. The highest BCUT2D eigenvalue weighted by Crippen LogP contribution is 2.32. The van der Waals surface area contributed by atoms with Crippen molar-refractivity contribution >= 4 is 16.7 Å². The summed E-state index contributed by atoms with van der Waals surface area (Å²) in [4.78, 5) is 18.0. The molecule has 1 aliphatic heterocycles. The van der Waals surface area contributed by atoms with Gasteiger partial charge in [-0.15, -0.1) is 0 Å². The first-order valence-electron chi connectivity index (χ1n) is 13.8. The van der Waals surface area contributed by atoms with Crippen molar-refractivity contribution in [1.29, 1.82) is 5.26 Å². The van der Waals surface area contributed by atoms with Crippen molar-refractivity contribution in [2.45, 2.75) is 51.2 Å². The summed E-state index contributed by atoms with van der Waals surface area (Å²) in [5.41, 5.74) is 3.89. The number of nitriles is 1. The van der Waals surface area contributed by atoms with Crippen LogP contribution in [0.25, 0.3) is 16.7 Å². The van der Waals surface area contributed by atoms with Crippen molar-refractivity contribution < 1.29 is 24.1 Å². The van der Waals surface area contributed by atoms with Crippen LogP contribution in [0.15, 0.2) is 66.6 Å². The Bertz CT molecular complexity index is 1690. The lowest BCUT2D eigenvalue weighted by atomic mass is 9.96. The third-order valence-corrected chi connectivity index (χ3v) is 7.45. The second kappa shape index (κ2) is 12.2. The third kappa shape index (κ3) is 6.21. The van der Waals surface area contributed by atoms with Gasteiger partial charge in [0.15, 0.2) is 11.9 Å². The zero-order chi connectivity index (χ0) is 29.1. The molecule has 1 saturated heterocycles. The van der Waals surface area contributed by atoms with Crippen molar-refractivity contribution in [2.75, 3.05) is 6.61 Å². The third-order valence-electron chi connectivity index (χ3n) is 7.45. The number of aromatic nitrogens is 5. The lowest BCUT2D eigenvalue weighted by Gasteiger charge is -2.27. The Morgan fingerprint density at radius 3 is 2.74 bits per heavy atom. The Labute approximate surface area is 241 Å². The van der Waals surface area contributed by atoms with Crippen LogP contribution in [0.4, 0.5) is 4.39 Å². The summed E-state index contributed by atoms with van der Waals surface area (Å²) >= 11 is 0. The highest BCUT2D eigenvalue weighted by atomic mass is 19.1. The summed E-state index contributed by atoms with van der Waals surface area (Å²) in [7, 11) is 0. The van der Waals surface area contributed by atoms with Crippen LogP contribution in [-0.4, -0.2) is 47.4 Å². The zero-order valence-electron chi connectivity index (χ0n) is 22.7. The van der Waals surface area contributed by atoms with Crippen LogP contribution < -0.4 is 4.74 Å². The molecule has 214 valence electrons. The topological polar surface area (TPSA) is 139 Å². The molecule has 42 heavy (non-hydrogen) atoms.